The van der Waals surface area contributed by atoms with Gasteiger partial charge in [-0.05, 0) is 25.5 Å². The van der Waals surface area contributed by atoms with Crippen LogP contribution in [0.3, 0.4) is 0 Å². The first-order valence-electron chi connectivity index (χ1n) is 6.31. The van der Waals surface area contributed by atoms with E-state index in [9.17, 15) is 10.1 Å². The summed E-state index contributed by atoms with van der Waals surface area (Å²) in [4.78, 5) is 14.8. The van der Waals surface area contributed by atoms with E-state index < -0.39 is 4.92 Å². The molecule has 0 saturated carbocycles. The van der Waals surface area contributed by atoms with Gasteiger partial charge in [-0.2, -0.15) is 0 Å². The lowest BCUT2D eigenvalue weighted by atomic mass is 10.1. The van der Waals surface area contributed by atoms with Gasteiger partial charge in [-0.1, -0.05) is 29.8 Å². The van der Waals surface area contributed by atoms with E-state index in [1.807, 2.05) is 12.1 Å². The quantitative estimate of drug-likeness (QED) is 0.370. The van der Waals surface area contributed by atoms with Crippen LogP contribution in [-0.2, 0) is 0 Å². The molecule has 106 valence electrons. The van der Waals surface area contributed by atoms with Crippen molar-refractivity contribution < 1.29 is 4.92 Å². The second-order valence-corrected chi connectivity index (χ2v) is 4.68. The molecule has 0 aliphatic rings. The summed E-state index contributed by atoms with van der Waals surface area (Å²) in [6.07, 6.45) is 1.69. The van der Waals surface area contributed by atoms with Gasteiger partial charge in [0.2, 0.25) is 5.15 Å². The zero-order chi connectivity index (χ0) is 14.5. The molecule has 0 spiro atoms. The number of unbranched alkanes of at least 4 members (excludes halogenated alkanes) is 1. The number of nitrogens with two attached hydrogens (primary N) is 1. The highest BCUT2D eigenvalue weighted by molar-refractivity contribution is 6.33. The van der Waals surface area contributed by atoms with Gasteiger partial charge in [-0.15, -0.1) is 0 Å². The van der Waals surface area contributed by atoms with E-state index in [0.717, 1.165) is 12.8 Å². The zero-order valence-electron chi connectivity index (χ0n) is 10.8. The summed E-state index contributed by atoms with van der Waals surface area (Å²) in [6, 6.07) is 7.19. The third-order valence-electron chi connectivity index (χ3n) is 2.94. The van der Waals surface area contributed by atoms with Gasteiger partial charge in [0.25, 0.3) is 0 Å². The Morgan fingerprint density at radius 3 is 2.80 bits per heavy atom. The van der Waals surface area contributed by atoms with Gasteiger partial charge in [-0.25, -0.2) is 4.98 Å². The van der Waals surface area contributed by atoms with E-state index in [1.54, 1.807) is 12.1 Å². The first kappa shape index (κ1) is 14.5. The van der Waals surface area contributed by atoms with Crippen LogP contribution in [0.15, 0.2) is 24.3 Å². The minimum Gasteiger partial charge on any atom is -0.379 e. The highest BCUT2D eigenvalue weighted by Crippen LogP contribution is 2.37. The lowest BCUT2D eigenvalue weighted by Crippen LogP contribution is -2.08. The molecule has 1 heterocycles. The highest BCUT2D eigenvalue weighted by Gasteiger charge is 2.23. The predicted molar refractivity (Wildman–Crippen MR) is 80.2 cm³/mol. The Kier molecular flexibility index (Phi) is 4.70. The van der Waals surface area contributed by atoms with Gasteiger partial charge in [0, 0.05) is 11.9 Å². The fraction of sp³-hybridized carbons (Fsp3) is 0.308. The number of aromatic nitrogens is 1. The molecule has 3 N–H and O–H groups in total. The van der Waals surface area contributed by atoms with E-state index in [0.29, 0.717) is 29.7 Å². The minimum absolute atomic E-state index is 0.102. The van der Waals surface area contributed by atoms with Crippen molar-refractivity contribution >= 4 is 33.9 Å². The van der Waals surface area contributed by atoms with Crippen molar-refractivity contribution in [1.82, 2.24) is 4.98 Å². The van der Waals surface area contributed by atoms with Crippen molar-refractivity contribution in [3.05, 3.63) is 39.5 Å². The monoisotopic (exact) mass is 294 g/mol. The van der Waals surface area contributed by atoms with Crippen LogP contribution >= 0.6 is 11.6 Å². The Hall–Kier alpha value is -1.92. The molecule has 0 unspecified atom stereocenters. The molecule has 0 amide bonds. The Labute approximate surface area is 121 Å². The Bertz CT molecular complexity index is 633. The maximum atomic E-state index is 11.2. The molecule has 0 aliphatic heterocycles. The third kappa shape index (κ3) is 2.97. The number of hydrogen-bond acceptors (Lipinski definition) is 5. The molecule has 20 heavy (non-hydrogen) atoms. The number of fused-ring (bicyclic) bond motifs is 1. The molecule has 7 heteroatoms. The van der Waals surface area contributed by atoms with E-state index in [2.05, 4.69) is 10.3 Å². The summed E-state index contributed by atoms with van der Waals surface area (Å²) in [6.45, 7) is 1.20. The average molecular weight is 295 g/mol. The number of nitro groups is 1. The van der Waals surface area contributed by atoms with E-state index in [4.69, 9.17) is 17.3 Å². The number of anilines is 1. The smallest absolute Gasteiger partial charge is 0.329 e. The van der Waals surface area contributed by atoms with E-state index >= 15 is 0 Å². The molecule has 0 radical (unpaired) electrons. The normalized spacial score (nSPS) is 10.7. The van der Waals surface area contributed by atoms with Gasteiger partial charge >= 0.3 is 5.69 Å². The number of rotatable bonds is 6. The average Bonchev–Trinajstić information content (AvgIpc) is 2.42. The minimum atomic E-state index is -0.507. The first-order chi connectivity index (χ1) is 9.65. The fourth-order valence-corrected chi connectivity index (χ4v) is 2.25. The molecule has 0 atom stereocenters. The van der Waals surface area contributed by atoms with Crippen LogP contribution in [0.25, 0.3) is 10.9 Å². The molecule has 2 aromatic rings. The van der Waals surface area contributed by atoms with E-state index in [-0.39, 0.29) is 10.8 Å². The Morgan fingerprint density at radius 2 is 2.10 bits per heavy atom. The van der Waals surface area contributed by atoms with Crippen LogP contribution in [-0.4, -0.2) is 23.0 Å². The standard InChI is InChI=1S/C13H15ClN4O2/c14-13-12(18(19)20)11(16-8-4-3-7-15)9-5-1-2-6-10(9)17-13/h1-2,5-6H,3-4,7-8,15H2,(H,16,17). The molecular formula is C13H15ClN4O2. The molecule has 0 saturated heterocycles. The zero-order valence-corrected chi connectivity index (χ0v) is 11.6. The number of nitrogens with one attached hydrogen (secondary N) is 1. The summed E-state index contributed by atoms with van der Waals surface area (Å²) in [5.41, 5.74) is 6.30. The molecule has 1 aromatic carbocycles. The lowest BCUT2D eigenvalue weighted by molar-refractivity contribution is -0.384. The molecule has 1 aromatic heterocycles. The maximum absolute atomic E-state index is 11.2. The number of nitrogens with zero attached hydrogens (tertiary/aromatic N) is 2. The van der Waals surface area contributed by atoms with Crippen LogP contribution in [0.5, 0.6) is 0 Å². The van der Waals surface area contributed by atoms with Crippen LogP contribution in [0, 0.1) is 10.1 Å². The molecule has 0 aliphatic carbocycles. The van der Waals surface area contributed by atoms with Crippen molar-refractivity contribution in [2.45, 2.75) is 12.8 Å². The van der Waals surface area contributed by atoms with E-state index in [1.165, 1.54) is 0 Å². The number of para-hydroxylation sites is 1. The SMILES string of the molecule is NCCCCNc1c([N+](=O)[O-])c(Cl)nc2ccccc12. The summed E-state index contributed by atoms with van der Waals surface area (Å²) in [7, 11) is 0. The molecule has 0 fully saturated rings. The van der Waals surface area contributed by atoms with Gasteiger partial charge < -0.3 is 11.1 Å². The van der Waals surface area contributed by atoms with Gasteiger partial charge in [0.1, 0.15) is 5.69 Å². The van der Waals surface area contributed by atoms with Crippen molar-refractivity contribution in [2.24, 2.45) is 5.73 Å². The van der Waals surface area contributed by atoms with Crippen LogP contribution in [0.2, 0.25) is 5.15 Å². The number of pyridine rings is 1. The van der Waals surface area contributed by atoms with Crippen LogP contribution < -0.4 is 11.1 Å². The van der Waals surface area contributed by atoms with Crippen LogP contribution in [0.4, 0.5) is 11.4 Å². The van der Waals surface area contributed by atoms with Crippen molar-refractivity contribution in [3.63, 3.8) is 0 Å². The van der Waals surface area contributed by atoms with Gasteiger partial charge in [0.05, 0.1) is 10.4 Å². The molecule has 6 nitrogen and oxygen atoms in total. The van der Waals surface area contributed by atoms with Crippen molar-refractivity contribution in [1.29, 1.82) is 0 Å². The predicted octanol–water partition coefficient (Wildman–Crippen LogP) is 2.95. The molecule has 2 rings (SSSR count). The topological polar surface area (TPSA) is 94.1 Å². The first-order valence-corrected chi connectivity index (χ1v) is 6.69. The fourth-order valence-electron chi connectivity index (χ4n) is 2.00. The Morgan fingerprint density at radius 1 is 1.35 bits per heavy atom. The van der Waals surface area contributed by atoms with Gasteiger partial charge in [-0.3, -0.25) is 10.1 Å². The summed E-state index contributed by atoms with van der Waals surface area (Å²) in [5.74, 6) is 0. The largest absolute Gasteiger partial charge is 0.379 e. The number of benzene rings is 1. The van der Waals surface area contributed by atoms with Crippen LogP contribution in [0.1, 0.15) is 12.8 Å². The summed E-state index contributed by atoms with van der Waals surface area (Å²) in [5, 5.41) is 14.9. The van der Waals surface area contributed by atoms with Crippen molar-refractivity contribution in [3.8, 4) is 0 Å². The Balaban J connectivity index is 2.46. The second kappa shape index (κ2) is 6.49. The second-order valence-electron chi connectivity index (χ2n) is 4.32. The van der Waals surface area contributed by atoms with Crippen molar-refractivity contribution in [2.75, 3.05) is 18.4 Å². The van der Waals surface area contributed by atoms with Gasteiger partial charge in [0.15, 0.2) is 0 Å². The number of halogens is 1. The maximum Gasteiger partial charge on any atom is 0.329 e. The molecular weight excluding hydrogens is 280 g/mol. The summed E-state index contributed by atoms with van der Waals surface area (Å²) < 4.78 is 0. The lowest BCUT2D eigenvalue weighted by Gasteiger charge is -2.10. The third-order valence-corrected chi connectivity index (χ3v) is 3.20. The summed E-state index contributed by atoms with van der Waals surface area (Å²) >= 11 is 5.93. The highest BCUT2D eigenvalue weighted by atomic mass is 35.5. The molecule has 0 bridgehead atoms. The number of hydrogen-bond donors (Lipinski definition) is 2.